The predicted octanol–water partition coefficient (Wildman–Crippen LogP) is 2.53. The van der Waals surface area contributed by atoms with Gasteiger partial charge < -0.3 is 4.90 Å². The fourth-order valence-electron chi connectivity index (χ4n) is 1.17. The third kappa shape index (κ3) is 3.50. The zero-order valence-electron chi connectivity index (χ0n) is 9.27. The summed E-state index contributed by atoms with van der Waals surface area (Å²) in [5.41, 5.74) is 0. The minimum atomic E-state index is 0.461. The summed E-state index contributed by atoms with van der Waals surface area (Å²) >= 11 is 3.30. The van der Waals surface area contributed by atoms with Gasteiger partial charge in [0.1, 0.15) is 0 Å². The number of aromatic nitrogens is 1. The van der Waals surface area contributed by atoms with Crippen LogP contribution in [0.4, 0.5) is 5.13 Å². The van der Waals surface area contributed by atoms with Crippen molar-refractivity contribution in [2.75, 3.05) is 24.0 Å². The number of carbonyl (C=O) groups is 1. The van der Waals surface area contributed by atoms with Crippen molar-refractivity contribution >= 4 is 34.5 Å². The molecule has 15 heavy (non-hydrogen) atoms. The third-order valence-electron chi connectivity index (χ3n) is 2.33. The molecule has 0 radical (unpaired) electrons. The van der Waals surface area contributed by atoms with Crippen LogP contribution >= 0.6 is 23.1 Å². The normalized spacial score (nSPS) is 12.5. The molecule has 1 aromatic rings. The molecule has 1 unspecified atom stereocenters. The Balaban J connectivity index is 2.58. The minimum Gasteiger partial charge on any atom is -0.348 e. The van der Waals surface area contributed by atoms with Crippen LogP contribution < -0.4 is 4.90 Å². The van der Waals surface area contributed by atoms with Crippen molar-refractivity contribution in [2.45, 2.75) is 19.4 Å². The van der Waals surface area contributed by atoms with E-state index in [0.717, 1.165) is 23.6 Å². The maximum absolute atomic E-state index is 10.5. The van der Waals surface area contributed by atoms with Crippen LogP contribution in [0.15, 0.2) is 6.20 Å². The summed E-state index contributed by atoms with van der Waals surface area (Å²) < 4.78 is 0. The number of hydrogen-bond donors (Lipinski definition) is 0. The average Bonchev–Trinajstić information content (AvgIpc) is 2.73. The summed E-state index contributed by atoms with van der Waals surface area (Å²) in [7, 11) is 2.03. The zero-order valence-corrected chi connectivity index (χ0v) is 10.9. The highest BCUT2D eigenvalue weighted by atomic mass is 32.2. The summed E-state index contributed by atoms with van der Waals surface area (Å²) in [5, 5.41) is 0.922. The van der Waals surface area contributed by atoms with E-state index in [4.69, 9.17) is 0 Å². The molecule has 0 N–H and O–H groups in total. The standard InChI is InChI=1S/C10H16N2OS2/c1-8(4-5-14-3)12(2)10-11-6-9(7-13)15-10/h6-8H,4-5H2,1-3H3. The van der Waals surface area contributed by atoms with Gasteiger partial charge >= 0.3 is 0 Å². The lowest BCUT2D eigenvalue weighted by molar-refractivity contribution is 0.112. The molecule has 3 nitrogen and oxygen atoms in total. The first-order valence-electron chi connectivity index (χ1n) is 4.81. The fourth-order valence-corrected chi connectivity index (χ4v) is 2.54. The lowest BCUT2D eigenvalue weighted by Gasteiger charge is -2.23. The number of anilines is 1. The van der Waals surface area contributed by atoms with Gasteiger partial charge in [-0.05, 0) is 25.4 Å². The van der Waals surface area contributed by atoms with Gasteiger partial charge in [-0.2, -0.15) is 11.8 Å². The molecular weight excluding hydrogens is 228 g/mol. The van der Waals surface area contributed by atoms with Crippen LogP contribution in [0.5, 0.6) is 0 Å². The fraction of sp³-hybridized carbons (Fsp3) is 0.600. The molecule has 0 fully saturated rings. The third-order valence-corrected chi connectivity index (χ3v) is 3.99. The highest BCUT2D eigenvalue weighted by Crippen LogP contribution is 2.22. The van der Waals surface area contributed by atoms with Gasteiger partial charge in [-0.1, -0.05) is 11.3 Å². The molecule has 0 spiro atoms. The maximum atomic E-state index is 10.5. The number of thioether (sulfide) groups is 1. The molecule has 0 aliphatic rings. The summed E-state index contributed by atoms with van der Waals surface area (Å²) in [6.07, 6.45) is 5.72. The molecule has 1 atom stereocenters. The van der Waals surface area contributed by atoms with E-state index < -0.39 is 0 Å². The van der Waals surface area contributed by atoms with Crippen LogP contribution in [-0.2, 0) is 0 Å². The van der Waals surface area contributed by atoms with E-state index >= 15 is 0 Å². The minimum absolute atomic E-state index is 0.461. The Morgan fingerprint density at radius 3 is 3.00 bits per heavy atom. The van der Waals surface area contributed by atoms with E-state index in [1.165, 1.54) is 11.3 Å². The van der Waals surface area contributed by atoms with Gasteiger partial charge in [-0.15, -0.1) is 0 Å². The number of thiazole rings is 1. The van der Waals surface area contributed by atoms with E-state index in [0.29, 0.717) is 10.9 Å². The second-order valence-corrected chi connectivity index (χ2v) is 5.43. The second-order valence-electron chi connectivity index (χ2n) is 3.40. The molecule has 1 heterocycles. The van der Waals surface area contributed by atoms with E-state index in [9.17, 15) is 4.79 Å². The van der Waals surface area contributed by atoms with Gasteiger partial charge in [0.05, 0.1) is 11.1 Å². The van der Waals surface area contributed by atoms with Gasteiger partial charge in [-0.25, -0.2) is 4.98 Å². The van der Waals surface area contributed by atoms with Crippen LogP contribution in [0.1, 0.15) is 23.0 Å². The quantitative estimate of drug-likeness (QED) is 0.720. The van der Waals surface area contributed by atoms with Crippen molar-refractivity contribution in [3.63, 3.8) is 0 Å². The molecule has 1 rings (SSSR count). The topological polar surface area (TPSA) is 33.2 Å². The summed E-state index contributed by atoms with van der Waals surface area (Å²) in [4.78, 5) is 17.6. The van der Waals surface area contributed by atoms with Crippen LogP contribution in [-0.4, -0.2) is 36.4 Å². The molecule has 0 amide bonds. The summed E-state index contributed by atoms with van der Waals surface area (Å²) in [5.74, 6) is 1.15. The Morgan fingerprint density at radius 1 is 1.73 bits per heavy atom. The van der Waals surface area contributed by atoms with Gasteiger partial charge in [-0.3, -0.25) is 4.79 Å². The van der Waals surface area contributed by atoms with E-state index in [1.807, 2.05) is 18.8 Å². The molecule has 0 aliphatic heterocycles. The smallest absolute Gasteiger partial charge is 0.185 e. The van der Waals surface area contributed by atoms with Crippen molar-refractivity contribution in [1.29, 1.82) is 0 Å². The molecule has 1 aromatic heterocycles. The van der Waals surface area contributed by atoms with Gasteiger partial charge in [0, 0.05) is 13.1 Å². The number of hydrogen-bond acceptors (Lipinski definition) is 5. The predicted molar refractivity (Wildman–Crippen MR) is 68.4 cm³/mol. The number of aldehydes is 1. The molecular formula is C10H16N2OS2. The van der Waals surface area contributed by atoms with Crippen molar-refractivity contribution < 1.29 is 4.79 Å². The van der Waals surface area contributed by atoms with Crippen molar-refractivity contribution in [3.8, 4) is 0 Å². The Bertz CT molecular complexity index is 314. The Morgan fingerprint density at radius 2 is 2.47 bits per heavy atom. The summed E-state index contributed by atoms with van der Waals surface area (Å²) in [6.45, 7) is 2.18. The molecule has 0 saturated carbocycles. The molecule has 84 valence electrons. The molecule has 0 aromatic carbocycles. The van der Waals surface area contributed by atoms with Crippen molar-refractivity contribution in [3.05, 3.63) is 11.1 Å². The van der Waals surface area contributed by atoms with Gasteiger partial charge in [0.2, 0.25) is 0 Å². The van der Waals surface area contributed by atoms with Crippen molar-refractivity contribution in [2.24, 2.45) is 0 Å². The zero-order chi connectivity index (χ0) is 11.3. The number of nitrogens with zero attached hydrogens (tertiary/aromatic N) is 2. The van der Waals surface area contributed by atoms with Crippen LogP contribution in [0.25, 0.3) is 0 Å². The largest absolute Gasteiger partial charge is 0.348 e. The van der Waals surface area contributed by atoms with E-state index in [-0.39, 0.29) is 0 Å². The molecule has 5 heteroatoms. The molecule has 0 bridgehead atoms. The van der Waals surface area contributed by atoms with Crippen molar-refractivity contribution in [1.82, 2.24) is 4.98 Å². The second kappa shape index (κ2) is 6.12. The first-order valence-corrected chi connectivity index (χ1v) is 7.02. The average molecular weight is 244 g/mol. The van der Waals surface area contributed by atoms with Crippen LogP contribution in [0, 0.1) is 0 Å². The Hall–Kier alpha value is -0.550. The highest BCUT2D eigenvalue weighted by molar-refractivity contribution is 7.98. The lowest BCUT2D eigenvalue weighted by Crippen LogP contribution is -2.29. The lowest BCUT2D eigenvalue weighted by atomic mass is 10.2. The molecule has 0 saturated heterocycles. The Kier molecular flexibility index (Phi) is 5.11. The summed E-state index contributed by atoms with van der Waals surface area (Å²) in [6, 6.07) is 0.461. The first-order chi connectivity index (χ1) is 7.19. The van der Waals surface area contributed by atoms with Gasteiger partial charge in [0.25, 0.3) is 0 Å². The first kappa shape index (κ1) is 12.5. The van der Waals surface area contributed by atoms with Gasteiger partial charge in [0.15, 0.2) is 11.4 Å². The van der Waals surface area contributed by atoms with Crippen LogP contribution in [0.3, 0.4) is 0 Å². The van der Waals surface area contributed by atoms with Crippen LogP contribution in [0.2, 0.25) is 0 Å². The number of carbonyl (C=O) groups excluding carboxylic acids is 1. The monoisotopic (exact) mass is 244 g/mol. The SMILES string of the molecule is CSCCC(C)N(C)c1ncc(C=O)s1. The Labute approximate surface area is 98.9 Å². The highest BCUT2D eigenvalue weighted by Gasteiger charge is 2.12. The number of rotatable bonds is 6. The maximum Gasteiger partial charge on any atom is 0.185 e. The molecule has 0 aliphatic carbocycles. The van der Waals surface area contributed by atoms with E-state index in [2.05, 4.69) is 23.1 Å². The van der Waals surface area contributed by atoms with E-state index in [1.54, 1.807) is 6.20 Å².